The number of methoxy groups -OCH3 is 1. The number of ether oxygens (including phenoxy) is 2. The third-order valence-electron chi connectivity index (χ3n) is 2.81. The average Bonchev–Trinajstić information content (AvgIpc) is 2.38. The largest absolute Gasteiger partial charge is 0.480 e. The summed E-state index contributed by atoms with van der Waals surface area (Å²) >= 11 is 3.47. The van der Waals surface area contributed by atoms with E-state index in [1.54, 1.807) is 14.0 Å². The summed E-state index contributed by atoms with van der Waals surface area (Å²) < 4.78 is 11.6. The van der Waals surface area contributed by atoms with Crippen LogP contribution in [0.3, 0.4) is 0 Å². The summed E-state index contributed by atoms with van der Waals surface area (Å²) in [5, 5.41) is 3.26. The molecule has 0 spiro atoms. The zero-order valence-electron chi connectivity index (χ0n) is 12.0. The summed E-state index contributed by atoms with van der Waals surface area (Å²) in [7, 11) is 1.66. The van der Waals surface area contributed by atoms with Crippen molar-refractivity contribution in [3.05, 3.63) is 27.7 Å². The molecule has 0 saturated heterocycles. The Balaban J connectivity index is 2.87. The van der Waals surface area contributed by atoms with E-state index >= 15 is 0 Å². The van der Waals surface area contributed by atoms with E-state index in [4.69, 9.17) is 15.2 Å². The third-order valence-corrected chi connectivity index (χ3v) is 3.27. The van der Waals surface area contributed by atoms with Gasteiger partial charge in [0, 0.05) is 30.2 Å². The first-order valence-electron chi connectivity index (χ1n) is 6.40. The van der Waals surface area contributed by atoms with Crippen molar-refractivity contribution in [3.8, 4) is 5.75 Å². The Hall–Kier alpha value is -1.11. The highest BCUT2D eigenvalue weighted by molar-refractivity contribution is 9.10. The van der Waals surface area contributed by atoms with E-state index in [-0.39, 0.29) is 0 Å². The monoisotopic (exact) mass is 344 g/mol. The Morgan fingerprint density at radius 2 is 2.20 bits per heavy atom. The molecule has 1 aromatic carbocycles. The molecule has 1 rings (SSSR count). The van der Waals surface area contributed by atoms with Crippen molar-refractivity contribution >= 4 is 21.8 Å². The molecule has 1 amide bonds. The summed E-state index contributed by atoms with van der Waals surface area (Å²) in [6.07, 6.45) is -0.660. The van der Waals surface area contributed by atoms with Gasteiger partial charge in [-0.15, -0.1) is 0 Å². The molecule has 112 valence electrons. The van der Waals surface area contributed by atoms with Gasteiger partial charge in [-0.3, -0.25) is 4.79 Å². The lowest BCUT2D eigenvalue weighted by molar-refractivity contribution is -0.124. The van der Waals surface area contributed by atoms with E-state index in [9.17, 15) is 4.79 Å². The predicted molar refractivity (Wildman–Crippen MR) is 81.7 cm³/mol. The van der Waals surface area contributed by atoms with Crippen molar-refractivity contribution in [1.82, 2.24) is 5.32 Å². The number of halogens is 1. The van der Waals surface area contributed by atoms with Crippen LogP contribution in [0.1, 0.15) is 18.1 Å². The highest BCUT2D eigenvalue weighted by Crippen LogP contribution is 2.29. The van der Waals surface area contributed by atoms with Crippen LogP contribution < -0.4 is 15.8 Å². The maximum absolute atomic E-state index is 11.1. The second-order valence-corrected chi connectivity index (χ2v) is 5.46. The highest BCUT2D eigenvalue weighted by atomic mass is 79.9. The van der Waals surface area contributed by atoms with Gasteiger partial charge in [0.1, 0.15) is 5.75 Å². The zero-order chi connectivity index (χ0) is 15.1. The molecule has 1 atom stereocenters. The van der Waals surface area contributed by atoms with Gasteiger partial charge in [0.05, 0.1) is 6.61 Å². The number of nitrogens with one attached hydrogen (secondary N) is 1. The summed E-state index contributed by atoms with van der Waals surface area (Å²) in [6, 6.07) is 3.91. The minimum Gasteiger partial charge on any atom is -0.480 e. The van der Waals surface area contributed by atoms with Crippen LogP contribution in [0.5, 0.6) is 5.75 Å². The quantitative estimate of drug-likeness (QED) is 0.704. The number of rotatable bonds is 8. The highest BCUT2D eigenvalue weighted by Gasteiger charge is 2.15. The molecule has 0 heterocycles. The van der Waals surface area contributed by atoms with Crippen LogP contribution in [0.15, 0.2) is 16.6 Å². The molecule has 1 aromatic rings. The first kappa shape index (κ1) is 16.9. The lowest BCUT2D eigenvalue weighted by Crippen LogP contribution is -2.31. The molecule has 0 bridgehead atoms. The second kappa shape index (κ2) is 8.24. The number of primary amides is 1. The Kier molecular flexibility index (Phi) is 6.98. The molecule has 0 saturated carbocycles. The van der Waals surface area contributed by atoms with Crippen molar-refractivity contribution in [2.75, 3.05) is 20.3 Å². The average molecular weight is 345 g/mol. The molecular formula is C14H21BrN2O3. The fourth-order valence-electron chi connectivity index (χ4n) is 1.73. The van der Waals surface area contributed by atoms with Gasteiger partial charge in [-0.25, -0.2) is 0 Å². The summed E-state index contributed by atoms with van der Waals surface area (Å²) in [5.41, 5.74) is 7.18. The van der Waals surface area contributed by atoms with Gasteiger partial charge in [-0.2, -0.15) is 0 Å². The fraction of sp³-hybridized carbons (Fsp3) is 0.500. The molecule has 0 radical (unpaired) electrons. The van der Waals surface area contributed by atoms with Crippen LogP contribution in [0.2, 0.25) is 0 Å². The van der Waals surface area contributed by atoms with Gasteiger partial charge in [0.2, 0.25) is 0 Å². The Morgan fingerprint density at radius 3 is 2.80 bits per heavy atom. The Bertz CT molecular complexity index is 466. The number of amides is 1. The normalized spacial score (nSPS) is 12.2. The van der Waals surface area contributed by atoms with E-state index in [0.717, 1.165) is 22.1 Å². The molecule has 0 aliphatic heterocycles. The van der Waals surface area contributed by atoms with E-state index in [0.29, 0.717) is 18.9 Å². The predicted octanol–water partition coefficient (Wildman–Crippen LogP) is 1.75. The molecule has 0 aromatic heterocycles. The number of hydrogen-bond acceptors (Lipinski definition) is 4. The van der Waals surface area contributed by atoms with Crippen LogP contribution in [-0.2, 0) is 16.1 Å². The zero-order valence-corrected chi connectivity index (χ0v) is 13.6. The Morgan fingerprint density at radius 1 is 1.50 bits per heavy atom. The SMILES string of the molecule is COCCNCc1cc(Br)cc(C)c1OC(C)C(N)=O. The van der Waals surface area contributed by atoms with Gasteiger partial charge < -0.3 is 20.5 Å². The molecule has 0 aliphatic rings. The summed E-state index contributed by atoms with van der Waals surface area (Å²) in [6.45, 7) is 5.59. The topological polar surface area (TPSA) is 73.6 Å². The number of nitrogens with two attached hydrogens (primary N) is 1. The minimum absolute atomic E-state index is 0.481. The third kappa shape index (κ3) is 5.11. The number of carbonyl (C=O) groups excluding carboxylic acids is 1. The minimum atomic E-state index is -0.660. The van der Waals surface area contributed by atoms with E-state index in [1.165, 1.54) is 0 Å². The van der Waals surface area contributed by atoms with Crippen molar-refractivity contribution < 1.29 is 14.3 Å². The van der Waals surface area contributed by atoms with E-state index in [2.05, 4.69) is 21.2 Å². The number of benzene rings is 1. The lowest BCUT2D eigenvalue weighted by Gasteiger charge is -2.18. The van der Waals surface area contributed by atoms with Gasteiger partial charge in [0.25, 0.3) is 5.91 Å². The van der Waals surface area contributed by atoms with Crippen LogP contribution in [0.25, 0.3) is 0 Å². The summed E-state index contributed by atoms with van der Waals surface area (Å²) in [5.74, 6) is 0.218. The molecule has 0 aliphatic carbocycles. The second-order valence-electron chi connectivity index (χ2n) is 4.54. The number of hydrogen-bond donors (Lipinski definition) is 2. The van der Waals surface area contributed by atoms with Crippen LogP contribution in [0.4, 0.5) is 0 Å². The van der Waals surface area contributed by atoms with Gasteiger partial charge in [-0.05, 0) is 31.5 Å². The van der Waals surface area contributed by atoms with Crippen molar-refractivity contribution in [2.24, 2.45) is 5.73 Å². The molecule has 1 unspecified atom stereocenters. The number of carbonyl (C=O) groups is 1. The maximum Gasteiger partial charge on any atom is 0.258 e. The smallest absolute Gasteiger partial charge is 0.258 e. The van der Waals surface area contributed by atoms with Crippen molar-refractivity contribution in [2.45, 2.75) is 26.5 Å². The summed E-state index contributed by atoms with van der Waals surface area (Å²) in [4.78, 5) is 11.1. The first-order chi connectivity index (χ1) is 9.45. The Labute approximate surface area is 127 Å². The van der Waals surface area contributed by atoms with Gasteiger partial charge in [0.15, 0.2) is 6.10 Å². The number of aryl methyl sites for hydroxylation is 1. The van der Waals surface area contributed by atoms with Crippen molar-refractivity contribution in [3.63, 3.8) is 0 Å². The fourth-order valence-corrected chi connectivity index (χ4v) is 2.35. The molecule has 5 nitrogen and oxygen atoms in total. The van der Waals surface area contributed by atoms with Crippen molar-refractivity contribution in [1.29, 1.82) is 0 Å². The maximum atomic E-state index is 11.1. The molecule has 6 heteroatoms. The van der Waals surface area contributed by atoms with Gasteiger partial charge in [-0.1, -0.05) is 15.9 Å². The molecule has 20 heavy (non-hydrogen) atoms. The molecule has 3 N–H and O–H groups in total. The van der Waals surface area contributed by atoms with Crippen LogP contribution >= 0.6 is 15.9 Å². The first-order valence-corrected chi connectivity index (χ1v) is 7.19. The lowest BCUT2D eigenvalue weighted by atomic mass is 10.1. The van der Waals surface area contributed by atoms with E-state index < -0.39 is 12.0 Å². The molecular weight excluding hydrogens is 324 g/mol. The van der Waals surface area contributed by atoms with Gasteiger partial charge >= 0.3 is 0 Å². The molecule has 0 fully saturated rings. The van der Waals surface area contributed by atoms with Crippen LogP contribution in [0, 0.1) is 6.92 Å². The van der Waals surface area contributed by atoms with E-state index in [1.807, 2.05) is 19.1 Å². The standard InChI is InChI=1S/C14H21BrN2O3/c1-9-6-12(15)7-11(8-17-4-5-19-3)13(9)20-10(2)14(16)18/h6-7,10,17H,4-5,8H2,1-3H3,(H2,16,18). The van der Waals surface area contributed by atoms with Crippen LogP contribution in [-0.4, -0.2) is 32.3 Å².